The molecule has 0 unspecified atom stereocenters. The minimum absolute atomic E-state index is 0.288. The molecule has 30 heavy (non-hydrogen) atoms. The number of anilines is 1. The minimum atomic E-state index is -4.44. The van der Waals surface area contributed by atoms with Crippen LogP contribution >= 0.6 is 11.3 Å². The lowest BCUT2D eigenvalue weighted by Gasteiger charge is -2.12. The van der Waals surface area contributed by atoms with Gasteiger partial charge in [-0.1, -0.05) is 29.5 Å². The first-order chi connectivity index (χ1) is 14.4. The van der Waals surface area contributed by atoms with Crippen molar-refractivity contribution in [2.75, 3.05) is 11.9 Å². The van der Waals surface area contributed by atoms with Crippen molar-refractivity contribution in [2.24, 2.45) is 5.73 Å². The molecule has 5 nitrogen and oxygen atoms in total. The highest BCUT2D eigenvalue weighted by molar-refractivity contribution is 7.18. The SMILES string of the molecule is N[C@H](CNc1ncc(-c2ccc3cnccc3c2)s1)Cc1ccc(C(F)(F)F)nc1. The number of aromatic nitrogens is 3. The zero-order valence-corrected chi connectivity index (χ0v) is 16.5. The van der Waals surface area contributed by atoms with Gasteiger partial charge < -0.3 is 11.1 Å². The van der Waals surface area contributed by atoms with Gasteiger partial charge in [0.05, 0.1) is 4.88 Å². The number of rotatable bonds is 6. The summed E-state index contributed by atoms with van der Waals surface area (Å²) in [5.41, 5.74) is 6.94. The number of hydrogen-bond acceptors (Lipinski definition) is 6. The number of benzene rings is 1. The van der Waals surface area contributed by atoms with E-state index in [2.05, 4.69) is 26.3 Å². The van der Waals surface area contributed by atoms with Crippen molar-refractivity contribution in [1.82, 2.24) is 15.0 Å². The van der Waals surface area contributed by atoms with Crippen LogP contribution in [-0.4, -0.2) is 27.5 Å². The van der Waals surface area contributed by atoms with Gasteiger partial charge in [-0.05, 0) is 41.1 Å². The first-order valence-corrected chi connectivity index (χ1v) is 10.0. The summed E-state index contributed by atoms with van der Waals surface area (Å²) in [6, 6.07) is 10.2. The summed E-state index contributed by atoms with van der Waals surface area (Å²) in [6.07, 6.45) is 2.59. The van der Waals surface area contributed by atoms with Gasteiger partial charge in [-0.25, -0.2) is 4.98 Å². The van der Waals surface area contributed by atoms with Crippen LogP contribution in [0.2, 0.25) is 0 Å². The van der Waals surface area contributed by atoms with Crippen LogP contribution in [0.4, 0.5) is 18.3 Å². The van der Waals surface area contributed by atoms with E-state index in [1.54, 1.807) is 12.4 Å². The fraction of sp³-hybridized carbons (Fsp3) is 0.190. The van der Waals surface area contributed by atoms with Crippen molar-refractivity contribution in [3.8, 4) is 10.4 Å². The molecule has 0 aliphatic rings. The maximum Gasteiger partial charge on any atom is 0.433 e. The Morgan fingerprint density at radius 3 is 2.63 bits per heavy atom. The molecular formula is C21H18F3N5S. The summed E-state index contributed by atoms with van der Waals surface area (Å²) in [5.74, 6) is 0. The number of halogens is 3. The molecule has 154 valence electrons. The van der Waals surface area contributed by atoms with Gasteiger partial charge in [0.1, 0.15) is 5.69 Å². The number of pyridine rings is 2. The summed E-state index contributed by atoms with van der Waals surface area (Å²) in [4.78, 5) is 13.0. The second-order valence-electron chi connectivity index (χ2n) is 6.86. The average molecular weight is 429 g/mol. The summed E-state index contributed by atoms with van der Waals surface area (Å²) < 4.78 is 37.8. The average Bonchev–Trinajstić information content (AvgIpc) is 3.21. The molecule has 3 heterocycles. The summed E-state index contributed by atoms with van der Waals surface area (Å²) in [6.45, 7) is 0.442. The van der Waals surface area contributed by atoms with Gasteiger partial charge in [0.15, 0.2) is 5.13 Å². The molecule has 4 rings (SSSR count). The van der Waals surface area contributed by atoms with Crippen molar-refractivity contribution in [3.63, 3.8) is 0 Å². The van der Waals surface area contributed by atoms with Crippen LogP contribution in [0.15, 0.2) is 61.2 Å². The smallest absolute Gasteiger partial charge is 0.360 e. The Bertz CT molecular complexity index is 1140. The third-order valence-corrected chi connectivity index (χ3v) is 5.56. The summed E-state index contributed by atoms with van der Waals surface area (Å²) in [5, 5.41) is 6.12. The van der Waals surface area contributed by atoms with E-state index in [9.17, 15) is 13.2 Å². The highest BCUT2D eigenvalue weighted by atomic mass is 32.1. The molecule has 0 saturated heterocycles. The predicted molar refractivity (Wildman–Crippen MR) is 112 cm³/mol. The fourth-order valence-corrected chi connectivity index (χ4v) is 3.85. The lowest BCUT2D eigenvalue weighted by molar-refractivity contribution is -0.141. The maximum atomic E-state index is 12.6. The van der Waals surface area contributed by atoms with E-state index in [1.165, 1.54) is 23.6 Å². The largest absolute Gasteiger partial charge is 0.433 e. The Morgan fingerprint density at radius 2 is 1.87 bits per heavy atom. The first kappa shape index (κ1) is 20.2. The van der Waals surface area contributed by atoms with E-state index in [-0.39, 0.29) is 6.04 Å². The summed E-state index contributed by atoms with van der Waals surface area (Å²) >= 11 is 1.52. The van der Waals surface area contributed by atoms with Crippen LogP contribution in [0, 0.1) is 0 Å². The number of hydrogen-bond donors (Lipinski definition) is 2. The second-order valence-corrected chi connectivity index (χ2v) is 7.89. The number of alkyl halides is 3. The Kier molecular flexibility index (Phi) is 5.65. The van der Waals surface area contributed by atoms with Crippen LogP contribution in [-0.2, 0) is 12.6 Å². The van der Waals surface area contributed by atoms with Crippen molar-refractivity contribution in [1.29, 1.82) is 0 Å². The van der Waals surface area contributed by atoms with Crippen molar-refractivity contribution >= 4 is 27.2 Å². The zero-order chi connectivity index (χ0) is 21.1. The predicted octanol–water partition coefficient (Wildman–Crippen LogP) is 4.75. The van der Waals surface area contributed by atoms with Crippen LogP contribution < -0.4 is 11.1 Å². The number of nitrogens with zero attached hydrogens (tertiary/aromatic N) is 3. The molecule has 0 aliphatic heterocycles. The van der Waals surface area contributed by atoms with E-state index in [0.29, 0.717) is 18.5 Å². The van der Waals surface area contributed by atoms with E-state index in [0.717, 1.165) is 32.4 Å². The monoisotopic (exact) mass is 429 g/mol. The normalized spacial score (nSPS) is 12.8. The van der Waals surface area contributed by atoms with Gasteiger partial charge in [-0.3, -0.25) is 9.97 Å². The molecule has 0 saturated carbocycles. The van der Waals surface area contributed by atoms with Gasteiger partial charge in [-0.2, -0.15) is 13.2 Å². The summed E-state index contributed by atoms with van der Waals surface area (Å²) in [7, 11) is 0. The van der Waals surface area contributed by atoms with Crippen LogP contribution in [0.25, 0.3) is 21.2 Å². The van der Waals surface area contributed by atoms with Crippen molar-refractivity contribution < 1.29 is 13.2 Å². The van der Waals surface area contributed by atoms with Gasteiger partial charge >= 0.3 is 6.18 Å². The quantitative estimate of drug-likeness (QED) is 0.462. The molecule has 4 aromatic rings. The molecular weight excluding hydrogens is 411 g/mol. The Balaban J connectivity index is 1.35. The van der Waals surface area contributed by atoms with E-state index < -0.39 is 11.9 Å². The van der Waals surface area contributed by atoms with Gasteiger partial charge in [0, 0.05) is 42.8 Å². The maximum absolute atomic E-state index is 12.6. The lowest BCUT2D eigenvalue weighted by atomic mass is 10.1. The third-order valence-electron chi connectivity index (χ3n) is 4.56. The molecule has 0 bridgehead atoms. The molecule has 0 amide bonds. The molecule has 0 spiro atoms. The van der Waals surface area contributed by atoms with Crippen LogP contribution in [0.5, 0.6) is 0 Å². The van der Waals surface area contributed by atoms with E-state index in [4.69, 9.17) is 5.73 Å². The second kappa shape index (κ2) is 8.37. The number of thiazole rings is 1. The lowest BCUT2D eigenvalue weighted by Crippen LogP contribution is -2.31. The van der Waals surface area contributed by atoms with Crippen LogP contribution in [0.1, 0.15) is 11.3 Å². The van der Waals surface area contributed by atoms with Crippen molar-refractivity contribution in [2.45, 2.75) is 18.6 Å². The fourth-order valence-electron chi connectivity index (χ4n) is 3.03. The molecule has 3 N–H and O–H groups in total. The Morgan fingerprint density at radius 1 is 1.00 bits per heavy atom. The minimum Gasteiger partial charge on any atom is -0.360 e. The first-order valence-electron chi connectivity index (χ1n) is 9.20. The van der Waals surface area contributed by atoms with Gasteiger partial charge in [0.2, 0.25) is 0 Å². The molecule has 9 heteroatoms. The standard InChI is InChI=1S/C21H18F3N5S/c22-21(23,24)19-4-1-13(9-27-19)7-17(25)11-28-20-29-12-18(30-20)15-2-3-16-10-26-6-5-14(16)8-15/h1-6,8-10,12,17H,7,11,25H2,(H,28,29)/t17-/m0/s1. The molecule has 1 atom stereocenters. The number of fused-ring (bicyclic) bond motifs is 1. The van der Waals surface area contributed by atoms with Crippen LogP contribution in [0.3, 0.4) is 0 Å². The Labute approximate surface area is 174 Å². The van der Waals surface area contributed by atoms with E-state index >= 15 is 0 Å². The number of nitrogens with one attached hydrogen (secondary N) is 1. The van der Waals surface area contributed by atoms with Crippen molar-refractivity contribution in [3.05, 3.63) is 72.4 Å². The Hall–Kier alpha value is -3.04. The van der Waals surface area contributed by atoms with E-state index in [1.807, 2.05) is 24.4 Å². The highest BCUT2D eigenvalue weighted by Crippen LogP contribution is 2.31. The number of nitrogens with two attached hydrogens (primary N) is 1. The molecule has 3 aromatic heterocycles. The van der Waals surface area contributed by atoms with Gasteiger partial charge in [-0.15, -0.1) is 0 Å². The molecule has 0 aliphatic carbocycles. The highest BCUT2D eigenvalue weighted by Gasteiger charge is 2.32. The third kappa shape index (κ3) is 4.74. The topological polar surface area (TPSA) is 76.7 Å². The van der Waals surface area contributed by atoms with Gasteiger partial charge in [0.25, 0.3) is 0 Å². The zero-order valence-electron chi connectivity index (χ0n) is 15.7. The molecule has 0 radical (unpaired) electrons. The molecule has 0 fully saturated rings. The molecule has 1 aromatic carbocycles.